The Bertz CT molecular complexity index is 2650. The summed E-state index contributed by atoms with van der Waals surface area (Å²) >= 11 is 0. The van der Waals surface area contributed by atoms with E-state index in [1.54, 1.807) is 36.4 Å². The van der Waals surface area contributed by atoms with E-state index >= 15 is 0 Å². The number of aromatic hydroxyl groups is 12. The Morgan fingerprint density at radius 1 is 0.242 bits per heavy atom. The first kappa shape index (κ1) is 81.2. The van der Waals surface area contributed by atoms with Crippen LogP contribution in [0.2, 0.25) is 0 Å². The third kappa shape index (κ3) is 40.4. The van der Waals surface area contributed by atoms with E-state index in [1.165, 1.54) is 72.8 Å². The van der Waals surface area contributed by atoms with Crippen molar-refractivity contribution in [3.63, 3.8) is 0 Å². The van der Waals surface area contributed by atoms with Gasteiger partial charge >= 0.3 is 21.1 Å². The maximum absolute atomic E-state index is 10.1. The van der Waals surface area contributed by atoms with Gasteiger partial charge in [-0.2, -0.15) is 0 Å². The number of nitrogens with one attached hydrogen (secondary N) is 6. The zero-order valence-corrected chi connectivity index (χ0v) is 50.8. The van der Waals surface area contributed by atoms with Gasteiger partial charge in [0.1, 0.15) is 69.0 Å². The van der Waals surface area contributed by atoms with Crippen LogP contribution in [0.25, 0.3) is 0 Å². The molecule has 0 amide bonds. The quantitative estimate of drug-likeness (QED) is 0.0147. The third-order valence-electron chi connectivity index (χ3n) is 11.5. The third-order valence-corrected chi connectivity index (χ3v) is 11.5. The first-order valence-corrected chi connectivity index (χ1v) is 27.0. The number of rotatable bonds is 30. The molecule has 91 heavy (non-hydrogen) atoms. The number of benzene rings is 6. The van der Waals surface area contributed by atoms with Gasteiger partial charge in [-0.15, -0.1) is 0 Å². The molecule has 6 rings (SSSR count). The molecule has 6 aromatic carbocycles. The number of hydrogen-bond donors (Lipinski definition) is 18. The van der Waals surface area contributed by atoms with E-state index in [0.717, 1.165) is 0 Å². The van der Waals surface area contributed by atoms with Crippen LogP contribution < -0.4 is 62.5 Å². The van der Waals surface area contributed by atoms with Crippen molar-refractivity contribution in [1.29, 1.82) is 0 Å². The fraction of sp³-hybridized carbons (Fsp3) is 0.300. The minimum Gasteiger partial charge on any atom is -0.549 e. The fourth-order valence-electron chi connectivity index (χ4n) is 7.06. The summed E-state index contributed by atoms with van der Waals surface area (Å²) in [6.45, 7) is 1.28. The zero-order valence-electron chi connectivity index (χ0n) is 48.8. The van der Waals surface area contributed by atoms with Gasteiger partial charge < -0.3 is 153 Å². The number of hydrogen-bond acceptors (Lipinski definition) is 30. The number of carboxylic acid groups (broad SMARTS) is 6. The Morgan fingerprint density at radius 2 is 0.363 bits per heavy atom. The second-order valence-electron chi connectivity index (χ2n) is 18.7. The van der Waals surface area contributed by atoms with Gasteiger partial charge in [-0.05, 0) is 148 Å². The molecule has 30 nitrogen and oxygen atoms in total. The average molecular weight is 1360 g/mol. The second kappa shape index (κ2) is 46.3. The van der Waals surface area contributed by atoms with Crippen molar-refractivity contribution in [1.82, 2.24) is 31.9 Å². The second-order valence-corrected chi connectivity index (χ2v) is 18.7. The number of carboxylic acids is 6. The molecule has 0 aliphatic rings. The molecule has 0 atom stereocenters. The summed E-state index contributed by atoms with van der Waals surface area (Å²) in [5.41, 5.74) is 3.91. The van der Waals surface area contributed by atoms with Crippen LogP contribution in [0.4, 0.5) is 0 Å². The van der Waals surface area contributed by atoms with Crippen LogP contribution in [0.5, 0.6) is 69.0 Å². The van der Waals surface area contributed by atoms with Gasteiger partial charge in [0, 0.05) is 75.7 Å². The monoisotopic (exact) mass is 1360 g/mol. The number of phenolic OH excluding ortho intramolecular Hbond substituents is 12. The molecule has 0 aromatic heterocycles. The van der Waals surface area contributed by atoms with Crippen LogP contribution in [-0.4, -0.2) is 176 Å². The predicted molar refractivity (Wildman–Crippen MR) is 308 cm³/mol. The Balaban J connectivity index is 0.00000107. The molecule has 6 aromatic rings. The topological polar surface area (TPSA) is 556 Å². The molecule has 0 bridgehead atoms. The van der Waals surface area contributed by atoms with Crippen LogP contribution in [0.3, 0.4) is 0 Å². The smallest absolute Gasteiger partial charge is 0.549 e. The molecule has 0 aliphatic heterocycles. The summed E-state index contributed by atoms with van der Waals surface area (Å²) in [6, 6.07) is 25.8. The minimum absolute atomic E-state index is 0. The van der Waals surface area contributed by atoms with Gasteiger partial charge in [0.15, 0.2) is 0 Å². The van der Waals surface area contributed by atoms with Gasteiger partial charge in [0.2, 0.25) is 0 Å². The van der Waals surface area contributed by atoms with Crippen LogP contribution >= 0.6 is 0 Å². The zero-order chi connectivity index (χ0) is 67.6. The number of phenols is 12. The molecule has 0 heterocycles. The minimum atomic E-state index is -1.16. The molecule has 0 saturated carbocycles. The molecular weight excluding hydrogens is 1280 g/mol. The normalized spacial score (nSPS) is 10.0. The van der Waals surface area contributed by atoms with E-state index in [9.17, 15) is 90.0 Å². The van der Waals surface area contributed by atoms with Crippen molar-refractivity contribution in [2.45, 2.75) is 38.5 Å². The summed E-state index contributed by atoms with van der Waals surface area (Å²) in [6.07, 6.45) is 2.91. The molecule has 0 radical (unpaired) electrons. The van der Waals surface area contributed by atoms with Crippen molar-refractivity contribution in [3.05, 3.63) is 143 Å². The molecule has 0 spiro atoms. The molecule has 0 unspecified atom stereocenters. The molecule has 0 saturated heterocycles. The average Bonchev–Trinajstić information content (AvgIpc) is 2.41. The van der Waals surface area contributed by atoms with Crippen molar-refractivity contribution in [2.75, 3.05) is 78.5 Å². The summed E-state index contributed by atoms with van der Waals surface area (Å²) in [5, 5.41) is 187. The molecule has 492 valence electrons. The van der Waals surface area contributed by atoms with E-state index in [2.05, 4.69) is 31.9 Å². The van der Waals surface area contributed by atoms with Crippen molar-refractivity contribution in [2.24, 2.45) is 0 Å². The number of carbonyl (C=O) groups is 6. The summed E-state index contributed by atoms with van der Waals surface area (Å²) < 4.78 is 0. The Hall–Kier alpha value is -9.81. The maximum Gasteiger partial charge on any atom is 6.00 e. The molecule has 31 heteroatoms. The SMILES string of the molecule is O=C([O-])CNCCc1ccc(O)cc1O.O=C([O-])CNCCc1ccc(O)cc1O.O=C([O-])CNCCc1ccc(O)cc1O.O=C([O-])CNCCc1ccc(O)cc1O.O=C([O-])CNCCc1ccc(O)cc1O.O=C([O-])CNCCc1ccc(O)cc1O.[Mo+6]. The Kier molecular flexibility index (Phi) is 41.3. The summed E-state index contributed by atoms with van der Waals surface area (Å²) in [4.78, 5) is 60.4. The first-order valence-electron chi connectivity index (χ1n) is 27.0. The van der Waals surface area contributed by atoms with Crippen LogP contribution in [0.15, 0.2) is 109 Å². The van der Waals surface area contributed by atoms with Gasteiger partial charge in [-0.25, -0.2) is 0 Å². The van der Waals surface area contributed by atoms with Gasteiger partial charge in [0.05, 0.1) is 35.8 Å². The van der Waals surface area contributed by atoms with E-state index in [0.29, 0.717) is 111 Å². The standard InChI is InChI=1S/6C10H13NO4.Mo/c6*12-8-2-1-7(9(13)5-8)3-4-11-6-10(14)15;/h6*1-2,5,11-13H,3-4,6H2,(H,14,15);/q;;;;;;+6/p-6. The summed E-state index contributed by atoms with van der Waals surface area (Å²) in [5.74, 6) is -6.95. The van der Waals surface area contributed by atoms with Crippen LogP contribution in [0, 0.1) is 0 Å². The maximum atomic E-state index is 10.1. The van der Waals surface area contributed by atoms with Crippen LogP contribution in [0.1, 0.15) is 33.4 Å². The summed E-state index contributed by atoms with van der Waals surface area (Å²) in [7, 11) is 0. The molecular formula is C60H72MoN6O24. The van der Waals surface area contributed by atoms with Gasteiger partial charge in [-0.1, -0.05) is 36.4 Å². The van der Waals surface area contributed by atoms with Gasteiger partial charge in [0.25, 0.3) is 0 Å². The van der Waals surface area contributed by atoms with Crippen molar-refractivity contribution >= 4 is 35.8 Å². The van der Waals surface area contributed by atoms with E-state index in [1.807, 2.05) is 0 Å². The number of carbonyl (C=O) groups excluding carboxylic acids is 6. The van der Waals surface area contributed by atoms with Gasteiger partial charge in [-0.3, -0.25) is 0 Å². The number of aliphatic carboxylic acids is 6. The van der Waals surface area contributed by atoms with E-state index < -0.39 is 35.8 Å². The van der Waals surface area contributed by atoms with Crippen LogP contribution in [-0.2, 0) is 88.4 Å². The largest absolute Gasteiger partial charge is 6.00 e. The van der Waals surface area contributed by atoms with Crippen molar-refractivity contribution in [3.8, 4) is 69.0 Å². The Morgan fingerprint density at radius 3 is 0.462 bits per heavy atom. The predicted octanol–water partition coefficient (Wildman–Crippen LogP) is -6.12. The Labute approximate surface area is 535 Å². The molecule has 18 N–H and O–H groups in total. The molecule has 0 aliphatic carbocycles. The molecule has 0 fully saturated rings. The first-order chi connectivity index (χ1) is 42.6. The van der Waals surface area contributed by atoms with E-state index in [4.69, 9.17) is 30.6 Å². The van der Waals surface area contributed by atoms with Crippen molar-refractivity contribution < 1.29 is 142 Å². The van der Waals surface area contributed by atoms with E-state index in [-0.39, 0.29) is 129 Å². The fourth-order valence-corrected chi connectivity index (χ4v) is 7.06.